The minimum Gasteiger partial charge on any atom is -0.395 e. The summed E-state index contributed by atoms with van der Waals surface area (Å²) in [5.74, 6) is 0.207. The number of ketones is 1. The van der Waals surface area contributed by atoms with Crippen LogP contribution in [0.1, 0.15) is 26.7 Å². The lowest BCUT2D eigenvalue weighted by Gasteiger charge is -2.29. The molecule has 74 valence electrons. The normalized spacial score (nSPS) is 16.6. The van der Waals surface area contributed by atoms with Gasteiger partial charge in [0.15, 0.2) is 5.78 Å². The molecule has 0 bridgehead atoms. The third-order valence-corrected chi connectivity index (χ3v) is 2.29. The number of rotatable bonds is 4. The molecular weight excluding hydrogens is 166 g/mol. The van der Waals surface area contributed by atoms with Crippen molar-refractivity contribution in [1.82, 2.24) is 4.90 Å². The van der Waals surface area contributed by atoms with Crippen LogP contribution >= 0.6 is 0 Å². The van der Waals surface area contributed by atoms with Crippen molar-refractivity contribution in [3.63, 3.8) is 0 Å². The molecule has 1 rings (SSSR count). The first-order chi connectivity index (χ1) is 6.15. The van der Waals surface area contributed by atoms with Crippen molar-refractivity contribution in [3.05, 3.63) is 11.8 Å². The van der Waals surface area contributed by atoms with E-state index in [9.17, 15) is 4.79 Å². The molecule has 0 amide bonds. The number of hydrogen-bond acceptors (Lipinski definition) is 3. The molecule has 0 fully saturated rings. The van der Waals surface area contributed by atoms with E-state index in [0.717, 1.165) is 12.1 Å². The van der Waals surface area contributed by atoms with Crippen LogP contribution in [0, 0.1) is 0 Å². The number of aliphatic hydroxyl groups is 1. The summed E-state index contributed by atoms with van der Waals surface area (Å²) in [6, 6.07) is 0.351. The van der Waals surface area contributed by atoms with E-state index >= 15 is 0 Å². The van der Waals surface area contributed by atoms with E-state index in [-0.39, 0.29) is 12.4 Å². The van der Waals surface area contributed by atoms with Crippen molar-refractivity contribution in [2.75, 3.05) is 13.2 Å². The summed E-state index contributed by atoms with van der Waals surface area (Å²) in [4.78, 5) is 13.1. The van der Waals surface area contributed by atoms with E-state index in [4.69, 9.17) is 5.11 Å². The Morgan fingerprint density at radius 2 is 2.23 bits per heavy atom. The van der Waals surface area contributed by atoms with E-state index in [1.165, 1.54) is 0 Å². The molecule has 1 N–H and O–H groups in total. The third kappa shape index (κ3) is 2.56. The molecule has 0 unspecified atom stereocenters. The molecule has 13 heavy (non-hydrogen) atoms. The molecule has 0 saturated heterocycles. The maximum atomic E-state index is 11.0. The molecule has 3 nitrogen and oxygen atoms in total. The van der Waals surface area contributed by atoms with Gasteiger partial charge in [-0.2, -0.15) is 0 Å². The summed E-state index contributed by atoms with van der Waals surface area (Å²) >= 11 is 0. The van der Waals surface area contributed by atoms with Gasteiger partial charge in [-0.1, -0.05) is 0 Å². The molecule has 0 saturated carbocycles. The maximum absolute atomic E-state index is 11.0. The van der Waals surface area contributed by atoms with E-state index in [1.54, 1.807) is 6.08 Å². The highest BCUT2D eigenvalue weighted by atomic mass is 16.3. The summed E-state index contributed by atoms with van der Waals surface area (Å²) in [5, 5.41) is 8.86. The molecule has 0 radical (unpaired) electrons. The van der Waals surface area contributed by atoms with Crippen molar-refractivity contribution in [2.45, 2.75) is 32.7 Å². The number of carbonyl (C=O) groups excluding carboxylic acids is 1. The topological polar surface area (TPSA) is 40.5 Å². The van der Waals surface area contributed by atoms with Crippen LogP contribution in [-0.2, 0) is 4.79 Å². The number of nitrogens with zero attached hydrogens (tertiary/aromatic N) is 1. The number of aliphatic hydroxyl groups excluding tert-OH is 1. The molecule has 1 aliphatic carbocycles. The molecule has 0 aromatic heterocycles. The van der Waals surface area contributed by atoms with Crippen LogP contribution in [0.15, 0.2) is 11.8 Å². The molecule has 0 aromatic rings. The Labute approximate surface area is 79.0 Å². The Morgan fingerprint density at radius 1 is 1.54 bits per heavy atom. The lowest BCUT2D eigenvalue weighted by Crippen LogP contribution is -2.32. The first kappa shape index (κ1) is 10.3. The van der Waals surface area contributed by atoms with E-state index in [0.29, 0.717) is 19.0 Å². The molecule has 0 spiro atoms. The monoisotopic (exact) mass is 183 g/mol. The fourth-order valence-corrected chi connectivity index (χ4v) is 1.65. The summed E-state index contributed by atoms with van der Waals surface area (Å²) < 4.78 is 0. The fraction of sp³-hybridized carbons (Fsp3) is 0.700. The Hall–Kier alpha value is -0.830. The highest BCUT2D eigenvalue weighted by Crippen LogP contribution is 2.20. The lowest BCUT2D eigenvalue weighted by molar-refractivity contribution is -0.114. The van der Waals surface area contributed by atoms with Gasteiger partial charge in [0.25, 0.3) is 0 Å². The Bertz CT molecular complexity index is 221. The van der Waals surface area contributed by atoms with Gasteiger partial charge in [0, 0.05) is 30.8 Å². The van der Waals surface area contributed by atoms with Gasteiger partial charge in [-0.15, -0.1) is 0 Å². The number of carbonyl (C=O) groups is 1. The summed E-state index contributed by atoms with van der Waals surface area (Å²) in [5.41, 5.74) is 1.08. The van der Waals surface area contributed by atoms with Gasteiger partial charge in [-0.3, -0.25) is 4.79 Å². The van der Waals surface area contributed by atoms with Gasteiger partial charge in [-0.05, 0) is 20.3 Å². The number of allylic oxidation sites excluding steroid dienone is 2. The van der Waals surface area contributed by atoms with Gasteiger partial charge in [0.2, 0.25) is 0 Å². The number of hydrogen-bond donors (Lipinski definition) is 1. The average Bonchev–Trinajstić information content (AvgIpc) is 2.46. The average molecular weight is 183 g/mol. The van der Waals surface area contributed by atoms with Crippen LogP contribution < -0.4 is 0 Å². The van der Waals surface area contributed by atoms with Crippen LogP contribution in [0.3, 0.4) is 0 Å². The van der Waals surface area contributed by atoms with Crippen LogP contribution in [0.5, 0.6) is 0 Å². The predicted octanol–water partition coefficient (Wildman–Crippen LogP) is 0.936. The summed E-state index contributed by atoms with van der Waals surface area (Å²) in [6.07, 6.45) is 3.16. The second-order valence-corrected chi connectivity index (χ2v) is 3.61. The first-order valence-corrected chi connectivity index (χ1v) is 4.76. The van der Waals surface area contributed by atoms with E-state index < -0.39 is 0 Å². The quantitative estimate of drug-likeness (QED) is 0.705. The van der Waals surface area contributed by atoms with Crippen molar-refractivity contribution in [3.8, 4) is 0 Å². The van der Waals surface area contributed by atoms with Crippen LogP contribution in [-0.4, -0.2) is 35.0 Å². The van der Waals surface area contributed by atoms with Crippen molar-refractivity contribution < 1.29 is 9.90 Å². The second-order valence-electron chi connectivity index (χ2n) is 3.61. The standard InChI is InChI=1S/C10H17NO2/c1-8(2)11(5-6-12)9-3-4-10(13)7-9/h7-8,12H,3-6H2,1-2H3. The predicted molar refractivity (Wildman–Crippen MR) is 51.3 cm³/mol. The molecule has 1 aliphatic rings. The molecule has 0 aliphatic heterocycles. The van der Waals surface area contributed by atoms with Gasteiger partial charge < -0.3 is 10.0 Å². The first-order valence-electron chi connectivity index (χ1n) is 4.76. The smallest absolute Gasteiger partial charge is 0.157 e. The summed E-state index contributed by atoms with van der Waals surface area (Å²) in [6.45, 7) is 4.90. The zero-order valence-corrected chi connectivity index (χ0v) is 8.29. The zero-order valence-electron chi connectivity index (χ0n) is 8.29. The second kappa shape index (κ2) is 4.42. The van der Waals surface area contributed by atoms with Gasteiger partial charge in [0.05, 0.1) is 6.61 Å². The third-order valence-electron chi connectivity index (χ3n) is 2.29. The van der Waals surface area contributed by atoms with Gasteiger partial charge in [0.1, 0.15) is 0 Å². The summed E-state index contributed by atoms with van der Waals surface area (Å²) in [7, 11) is 0. The SMILES string of the molecule is CC(C)N(CCO)C1=CC(=O)CC1. The van der Waals surface area contributed by atoms with E-state index in [1.807, 2.05) is 0 Å². The maximum Gasteiger partial charge on any atom is 0.157 e. The minimum atomic E-state index is 0.143. The fourth-order valence-electron chi connectivity index (χ4n) is 1.65. The van der Waals surface area contributed by atoms with Crippen molar-refractivity contribution in [1.29, 1.82) is 0 Å². The van der Waals surface area contributed by atoms with E-state index in [2.05, 4.69) is 18.7 Å². The Balaban J connectivity index is 2.64. The molecule has 0 atom stereocenters. The molecular formula is C10H17NO2. The van der Waals surface area contributed by atoms with Crippen LogP contribution in [0.2, 0.25) is 0 Å². The molecule has 0 aromatic carbocycles. The highest BCUT2D eigenvalue weighted by molar-refractivity contribution is 5.92. The minimum absolute atomic E-state index is 0.143. The largest absolute Gasteiger partial charge is 0.395 e. The Kier molecular flexibility index (Phi) is 3.48. The van der Waals surface area contributed by atoms with Crippen LogP contribution in [0.4, 0.5) is 0 Å². The zero-order chi connectivity index (χ0) is 9.84. The van der Waals surface area contributed by atoms with Crippen molar-refractivity contribution >= 4 is 5.78 Å². The highest BCUT2D eigenvalue weighted by Gasteiger charge is 2.19. The van der Waals surface area contributed by atoms with Crippen molar-refractivity contribution in [2.24, 2.45) is 0 Å². The van der Waals surface area contributed by atoms with Gasteiger partial charge >= 0.3 is 0 Å². The molecule has 0 heterocycles. The van der Waals surface area contributed by atoms with Gasteiger partial charge in [-0.25, -0.2) is 0 Å². The lowest BCUT2D eigenvalue weighted by atomic mass is 10.2. The molecule has 3 heteroatoms. The Morgan fingerprint density at radius 3 is 2.62 bits per heavy atom. The van der Waals surface area contributed by atoms with Crippen LogP contribution in [0.25, 0.3) is 0 Å².